The van der Waals surface area contributed by atoms with E-state index < -0.39 is 0 Å². The molecule has 1 amide bonds. The van der Waals surface area contributed by atoms with Crippen LogP contribution in [0.2, 0.25) is 5.02 Å². The van der Waals surface area contributed by atoms with Crippen LogP contribution in [0.3, 0.4) is 0 Å². The number of benzene rings is 1. The molecule has 144 valence electrons. The highest BCUT2D eigenvalue weighted by atomic mass is 35.5. The average molecular weight is 392 g/mol. The summed E-state index contributed by atoms with van der Waals surface area (Å²) in [6.45, 7) is 4.95. The van der Waals surface area contributed by atoms with Crippen molar-refractivity contribution < 1.29 is 14.3 Å². The number of rotatable bonds is 6. The molecule has 0 radical (unpaired) electrons. The van der Waals surface area contributed by atoms with Crippen molar-refractivity contribution in [3.05, 3.63) is 35.0 Å². The van der Waals surface area contributed by atoms with Crippen molar-refractivity contribution in [3.8, 4) is 5.75 Å². The van der Waals surface area contributed by atoms with Crippen molar-refractivity contribution in [2.75, 3.05) is 50.6 Å². The van der Waals surface area contributed by atoms with Crippen LogP contribution in [0.15, 0.2) is 24.4 Å². The Morgan fingerprint density at radius 1 is 1.37 bits per heavy atom. The van der Waals surface area contributed by atoms with Gasteiger partial charge in [-0.25, -0.2) is 4.98 Å². The molecule has 1 aromatic heterocycles. The summed E-state index contributed by atoms with van der Waals surface area (Å²) in [5, 5.41) is 6.63. The lowest BCUT2D eigenvalue weighted by molar-refractivity contribution is 0.0302. The summed E-state index contributed by atoms with van der Waals surface area (Å²) in [6, 6.07) is 5.24. The molecule has 0 unspecified atom stereocenters. The lowest BCUT2D eigenvalue weighted by Gasteiger charge is -2.27. The van der Waals surface area contributed by atoms with E-state index >= 15 is 0 Å². The summed E-state index contributed by atoms with van der Waals surface area (Å²) >= 11 is 6.07. The average Bonchev–Trinajstić information content (AvgIpc) is 2.71. The Morgan fingerprint density at radius 3 is 2.85 bits per heavy atom. The molecule has 0 atom stereocenters. The molecule has 0 saturated carbocycles. The van der Waals surface area contributed by atoms with Crippen molar-refractivity contribution in [1.82, 2.24) is 14.9 Å². The molecule has 1 aromatic carbocycles. The van der Waals surface area contributed by atoms with Crippen LogP contribution >= 0.6 is 11.6 Å². The zero-order valence-electron chi connectivity index (χ0n) is 15.3. The van der Waals surface area contributed by atoms with Crippen LogP contribution in [0.1, 0.15) is 17.3 Å². The summed E-state index contributed by atoms with van der Waals surface area (Å²) in [7, 11) is 1.55. The zero-order valence-corrected chi connectivity index (χ0v) is 16.0. The first-order chi connectivity index (χ1) is 13.1. The van der Waals surface area contributed by atoms with E-state index in [-0.39, 0.29) is 5.91 Å². The number of carbonyl (C=O) groups excluding carboxylic acids is 1. The molecule has 8 nitrogen and oxygen atoms in total. The zero-order chi connectivity index (χ0) is 19.2. The monoisotopic (exact) mass is 391 g/mol. The Balaban J connectivity index is 1.80. The molecule has 1 aliphatic rings. The van der Waals surface area contributed by atoms with E-state index in [0.717, 1.165) is 0 Å². The molecule has 1 saturated heterocycles. The van der Waals surface area contributed by atoms with Crippen LogP contribution in [-0.2, 0) is 4.74 Å². The summed E-state index contributed by atoms with van der Waals surface area (Å²) in [6.07, 6.45) is 1.53. The van der Waals surface area contributed by atoms with Gasteiger partial charge in [-0.2, -0.15) is 4.98 Å². The topological polar surface area (TPSA) is 88.6 Å². The van der Waals surface area contributed by atoms with Crippen LogP contribution in [0, 0.1) is 0 Å². The summed E-state index contributed by atoms with van der Waals surface area (Å²) < 4.78 is 10.7. The fourth-order valence-corrected chi connectivity index (χ4v) is 2.87. The van der Waals surface area contributed by atoms with Gasteiger partial charge < -0.3 is 25.0 Å². The van der Waals surface area contributed by atoms with E-state index in [9.17, 15) is 4.79 Å². The van der Waals surface area contributed by atoms with Crippen LogP contribution < -0.4 is 15.4 Å². The van der Waals surface area contributed by atoms with Gasteiger partial charge in [0.15, 0.2) is 0 Å². The van der Waals surface area contributed by atoms with Gasteiger partial charge in [0.1, 0.15) is 16.6 Å². The van der Waals surface area contributed by atoms with Gasteiger partial charge in [0.05, 0.1) is 32.2 Å². The van der Waals surface area contributed by atoms with Gasteiger partial charge in [-0.15, -0.1) is 0 Å². The van der Waals surface area contributed by atoms with Crippen molar-refractivity contribution in [2.24, 2.45) is 0 Å². The van der Waals surface area contributed by atoms with E-state index in [1.165, 1.54) is 6.20 Å². The maximum atomic E-state index is 12.6. The van der Waals surface area contributed by atoms with E-state index in [1.807, 2.05) is 6.92 Å². The Bertz CT molecular complexity index is 812. The molecular formula is C18H22ClN5O3. The fourth-order valence-electron chi connectivity index (χ4n) is 2.72. The van der Waals surface area contributed by atoms with Gasteiger partial charge in [-0.05, 0) is 25.1 Å². The Morgan fingerprint density at radius 2 is 2.15 bits per heavy atom. The summed E-state index contributed by atoms with van der Waals surface area (Å²) in [5.74, 6) is 1.41. The highest BCUT2D eigenvalue weighted by Gasteiger charge is 2.20. The first-order valence-electron chi connectivity index (χ1n) is 8.71. The standard InChI is InChI=1S/C18H22ClN5O3/c1-3-20-16-13(19)11-21-18(23-16)22-14-5-4-12(10-15(14)26-2)17(25)24-6-8-27-9-7-24/h4-5,10-11H,3,6-9H2,1-2H3,(H2,20,21,22,23). The summed E-state index contributed by atoms with van der Waals surface area (Å²) in [5.41, 5.74) is 1.21. The molecule has 2 N–H and O–H groups in total. The molecule has 0 bridgehead atoms. The number of anilines is 3. The number of hydrogen-bond acceptors (Lipinski definition) is 7. The minimum absolute atomic E-state index is 0.0414. The first-order valence-corrected chi connectivity index (χ1v) is 9.08. The molecule has 0 aliphatic carbocycles. The smallest absolute Gasteiger partial charge is 0.254 e. The van der Waals surface area contributed by atoms with E-state index in [1.54, 1.807) is 30.2 Å². The Kier molecular flexibility index (Phi) is 6.31. The predicted molar refractivity (Wildman–Crippen MR) is 104 cm³/mol. The third kappa shape index (κ3) is 4.58. The number of methoxy groups -OCH3 is 1. The molecule has 1 fully saturated rings. The molecular weight excluding hydrogens is 370 g/mol. The predicted octanol–water partition coefficient (Wildman–Crippen LogP) is 2.79. The minimum Gasteiger partial charge on any atom is -0.495 e. The number of halogens is 1. The molecule has 3 rings (SSSR count). The van der Waals surface area contributed by atoms with Gasteiger partial charge >= 0.3 is 0 Å². The quantitative estimate of drug-likeness (QED) is 0.782. The molecule has 1 aliphatic heterocycles. The maximum absolute atomic E-state index is 12.6. The number of morpholine rings is 1. The molecule has 27 heavy (non-hydrogen) atoms. The van der Waals surface area contributed by atoms with Crippen molar-refractivity contribution in [2.45, 2.75) is 6.92 Å². The molecule has 0 spiro atoms. The van der Waals surface area contributed by atoms with E-state index in [0.29, 0.717) is 66.6 Å². The van der Waals surface area contributed by atoms with E-state index in [4.69, 9.17) is 21.1 Å². The third-order valence-electron chi connectivity index (χ3n) is 4.08. The number of nitrogens with zero attached hydrogens (tertiary/aromatic N) is 3. The number of aromatic nitrogens is 2. The number of nitrogens with one attached hydrogen (secondary N) is 2. The van der Waals surface area contributed by atoms with Gasteiger partial charge in [0.25, 0.3) is 5.91 Å². The normalized spacial score (nSPS) is 14.0. The SMILES string of the molecule is CCNc1nc(Nc2ccc(C(=O)N3CCOCC3)cc2OC)ncc1Cl. The lowest BCUT2D eigenvalue weighted by Crippen LogP contribution is -2.40. The number of hydrogen-bond donors (Lipinski definition) is 2. The summed E-state index contributed by atoms with van der Waals surface area (Å²) in [4.78, 5) is 23.0. The second-order valence-electron chi connectivity index (χ2n) is 5.87. The van der Waals surface area contributed by atoms with Crippen molar-refractivity contribution in [3.63, 3.8) is 0 Å². The highest BCUT2D eigenvalue weighted by Crippen LogP contribution is 2.29. The van der Waals surface area contributed by atoms with Gasteiger partial charge in [-0.1, -0.05) is 11.6 Å². The van der Waals surface area contributed by atoms with Gasteiger partial charge in [0.2, 0.25) is 5.95 Å². The third-order valence-corrected chi connectivity index (χ3v) is 4.36. The lowest BCUT2D eigenvalue weighted by atomic mass is 10.1. The van der Waals surface area contributed by atoms with Crippen LogP contribution in [0.5, 0.6) is 5.75 Å². The second-order valence-corrected chi connectivity index (χ2v) is 6.27. The molecule has 9 heteroatoms. The number of carbonyl (C=O) groups is 1. The van der Waals surface area contributed by atoms with Gasteiger partial charge in [-0.3, -0.25) is 4.79 Å². The van der Waals surface area contributed by atoms with Gasteiger partial charge in [0, 0.05) is 25.2 Å². The van der Waals surface area contributed by atoms with Crippen LogP contribution in [-0.4, -0.2) is 60.7 Å². The second kappa shape index (κ2) is 8.88. The van der Waals surface area contributed by atoms with Crippen molar-refractivity contribution in [1.29, 1.82) is 0 Å². The van der Waals surface area contributed by atoms with E-state index in [2.05, 4.69) is 20.6 Å². The largest absolute Gasteiger partial charge is 0.495 e. The minimum atomic E-state index is -0.0414. The molecule has 2 aromatic rings. The Labute approximate surface area is 162 Å². The number of amides is 1. The number of ether oxygens (including phenoxy) is 2. The first kappa shape index (κ1) is 19.2. The Hall–Kier alpha value is -2.58. The molecule has 2 heterocycles. The fraction of sp³-hybridized carbons (Fsp3) is 0.389. The highest BCUT2D eigenvalue weighted by molar-refractivity contribution is 6.32. The van der Waals surface area contributed by atoms with Crippen molar-refractivity contribution >= 4 is 35.0 Å². The maximum Gasteiger partial charge on any atom is 0.254 e. The van der Waals surface area contributed by atoms with Crippen LogP contribution in [0.25, 0.3) is 0 Å². The van der Waals surface area contributed by atoms with Crippen LogP contribution in [0.4, 0.5) is 17.5 Å².